The number of hydrogen-bond acceptors (Lipinski definition) is 4. The van der Waals surface area contributed by atoms with Gasteiger partial charge in [0.05, 0.1) is 0 Å². The van der Waals surface area contributed by atoms with Gasteiger partial charge in [-0.05, 0) is 17.0 Å². The molecule has 0 aliphatic carbocycles. The monoisotopic (exact) mass is 340 g/mol. The van der Waals surface area contributed by atoms with E-state index in [0.717, 1.165) is 11.1 Å². The third-order valence-corrected chi connectivity index (χ3v) is 4.17. The summed E-state index contributed by atoms with van der Waals surface area (Å²) >= 11 is 0. The summed E-state index contributed by atoms with van der Waals surface area (Å²) in [5.41, 5.74) is 1.77. The van der Waals surface area contributed by atoms with Crippen molar-refractivity contribution in [2.24, 2.45) is 11.8 Å². The van der Waals surface area contributed by atoms with E-state index >= 15 is 0 Å². The summed E-state index contributed by atoms with van der Waals surface area (Å²) in [5.74, 6) is -2.11. The topological polar surface area (TPSA) is 52.6 Å². The molecule has 4 heteroatoms. The average molecular weight is 340 g/mol. The molecule has 0 aromatic heterocycles. The van der Waals surface area contributed by atoms with Crippen molar-refractivity contribution in [3.8, 4) is 0 Å². The van der Waals surface area contributed by atoms with Crippen LogP contribution in [-0.2, 0) is 32.3 Å². The predicted molar refractivity (Wildman–Crippen MR) is 95.4 cm³/mol. The highest BCUT2D eigenvalue weighted by Gasteiger charge is 2.34. The van der Waals surface area contributed by atoms with E-state index in [2.05, 4.69) is 0 Å². The summed E-state index contributed by atoms with van der Waals surface area (Å²) in [5, 5.41) is 0. The lowest BCUT2D eigenvalue weighted by atomic mass is 9.92. The molecule has 1 unspecified atom stereocenters. The Morgan fingerprint density at radius 2 is 1.20 bits per heavy atom. The Bertz CT molecular complexity index is 611. The molecule has 2 rings (SSSR count). The van der Waals surface area contributed by atoms with Gasteiger partial charge in [0.15, 0.2) is 5.92 Å². The highest BCUT2D eigenvalue weighted by atomic mass is 16.6. The Morgan fingerprint density at radius 3 is 1.56 bits per heavy atom. The van der Waals surface area contributed by atoms with Gasteiger partial charge in [0.1, 0.15) is 13.2 Å². The zero-order chi connectivity index (χ0) is 18.1. The molecule has 1 atom stereocenters. The first kappa shape index (κ1) is 18.7. The standard InChI is InChI=1S/C21H24O4/c1-3-16(2)19(20(22)24-14-17-10-6-4-7-11-17)21(23)25-15-18-12-8-5-9-13-18/h4-13,16,19H,3,14-15H2,1-2H3. The lowest BCUT2D eigenvalue weighted by molar-refractivity contribution is -0.166. The Labute approximate surface area is 148 Å². The minimum Gasteiger partial charge on any atom is -0.460 e. The fourth-order valence-corrected chi connectivity index (χ4v) is 2.43. The smallest absolute Gasteiger partial charge is 0.320 e. The summed E-state index contributed by atoms with van der Waals surface area (Å²) in [6, 6.07) is 18.8. The molecule has 132 valence electrons. The normalized spacial score (nSPS) is 11.8. The van der Waals surface area contributed by atoms with E-state index in [0.29, 0.717) is 6.42 Å². The zero-order valence-electron chi connectivity index (χ0n) is 14.7. The molecular weight excluding hydrogens is 316 g/mol. The summed E-state index contributed by atoms with van der Waals surface area (Å²) in [6.07, 6.45) is 0.686. The van der Waals surface area contributed by atoms with E-state index in [-0.39, 0.29) is 19.1 Å². The van der Waals surface area contributed by atoms with E-state index in [9.17, 15) is 9.59 Å². The third-order valence-electron chi connectivity index (χ3n) is 4.17. The number of rotatable bonds is 8. The van der Waals surface area contributed by atoms with Crippen molar-refractivity contribution in [1.29, 1.82) is 0 Å². The van der Waals surface area contributed by atoms with Crippen molar-refractivity contribution < 1.29 is 19.1 Å². The van der Waals surface area contributed by atoms with Crippen LogP contribution in [0.5, 0.6) is 0 Å². The molecular formula is C21H24O4. The van der Waals surface area contributed by atoms with Crippen LogP contribution in [0.25, 0.3) is 0 Å². The van der Waals surface area contributed by atoms with Gasteiger partial charge in [-0.3, -0.25) is 9.59 Å². The van der Waals surface area contributed by atoms with Crippen molar-refractivity contribution in [3.05, 3.63) is 71.8 Å². The van der Waals surface area contributed by atoms with Crippen molar-refractivity contribution in [2.75, 3.05) is 0 Å². The number of benzene rings is 2. The van der Waals surface area contributed by atoms with Crippen LogP contribution in [0.1, 0.15) is 31.4 Å². The minimum absolute atomic E-state index is 0.147. The highest BCUT2D eigenvalue weighted by molar-refractivity contribution is 5.95. The van der Waals surface area contributed by atoms with Crippen molar-refractivity contribution in [1.82, 2.24) is 0 Å². The molecule has 0 fully saturated rings. The maximum atomic E-state index is 12.4. The minimum atomic E-state index is -0.905. The first-order valence-electron chi connectivity index (χ1n) is 8.53. The van der Waals surface area contributed by atoms with E-state index in [1.54, 1.807) is 0 Å². The molecule has 4 nitrogen and oxygen atoms in total. The van der Waals surface area contributed by atoms with Gasteiger partial charge in [0.25, 0.3) is 0 Å². The molecule has 2 aromatic carbocycles. The van der Waals surface area contributed by atoms with Gasteiger partial charge in [-0.25, -0.2) is 0 Å². The molecule has 2 aromatic rings. The van der Waals surface area contributed by atoms with E-state index in [1.165, 1.54) is 0 Å². The molecule has 0 aliphatic rings. The Kier molecular flexibility index (Phi) is 7.20. The fourth-order valence-electron chi connectivity index (χ4n) is 2.43. The van der Waals surface area contributed by atoms with Crippen LogP contribution in [0.2, 0.25) is 0 Å². The largest absolute Gasteiger partial charge is 0.460 e. The quantitative estimate of drug-likeness (QED) is 0.535. The molecule has 0 saturated heterocycles. The summed E-state index contributed by atoms with van der Waals surface area (Å²) in [6.45, 7) is 4.10. The number of ether oxygens (including phenoxy) is 2. The number of carbonyl (C=O) groups excluding carboxylic acids is 2. The molecule has 25 heavy (non-hydrogen) atoms. The lowest BCUT2D eigenvalue weighted by Gasteiger charge is -2.20. The van der Waals surface area contributed by atoms with Gasteiger partial charge in [0, 0.05) is 0 Å². The molecule has 0 radical (unpaired) electrons. The van der Waals surface area contributed by atoms with Gasteiger partial charge in [-0.15, -0.1) is 0 Å². The summed E-state index contributed by atoms with van der Waals surface area (Å²) < 4.78 is 10.7. The van der Waals surface area contributed by atoms with Crippen LogP contribution in [0.3, 0.4) is 0 Å². The second kappa shape index (κ2) is 9.62. The van der Waals surface area contributed by atoms with Crippen molar-refractivity contribution >= 4 is 11.9 Å². The van der Waals surface area contributed by atoms with Crippen molar-refractivity contribution in [2.45, 2.75) is 33.5 Å². The molecule has 0 amide bonds. The molecule has 0 spiro atoms. The Balaban J connectivity index is 1.96. The van der Waals surface area contributed by atoms with Crippen LogP contribution in [-0.4, -0.2) is 11.9 Å². The summed E-state index contributed by atoms with van der Waals surface area (Å²) in [4.78, 5) is 24.9. The number of carbonyl (C=O) groups is 2. The van der Waals surface area contributed by atoms with Crippen LogP contribution in [0.15, 0.2) is 60.7 Å². The zero-order valence-corrected chi connectivity index (χ0v) is 14.7. The second-order valence-electron chi connectivity index (χ2n) is 6.05. The van der Waals surface area contributed by atoms with Gasteiger partial charge in [0.2, 0.25) is 0 Å². The van der Waals surface area contributed by atoms with Crippen LogP contribution in [0.4, 0.5) is 0 Å². The maximum absolute atomic E-state index is 12.4. The van der Waals surface area contributed by atoms with Gasteiger partial charge in [-0.2, -0.15) is 0 Å². The van der Waals surface area contributed by atoms with Gasteiger partial charge < -0.3 is 9.47 Å². The molecule has 0 saturated carbocycles. The molecule has 0 bridgehead atoms. The van der Waals surface area contributed by atoms with E-state index in [1.807, 2.05) is 74.5 Å². The molecule has 0 aliphatic heterocycles. The summed E-state index contributed by atoms with van der Waals surface area (Å²) in [7, 11) is 0. The average Bonchev–Trinajstić information content (AvgIpc) is 2.66. The van der Waals surface area contributed by atoms with Crippen LogP contribution in [0, 0.1) is 11.8 Å². The van der Waals surface area contributed by atoms with Crippen molar-refractivity contribution in [3.63, 3.8) is 0 Å². The highest BCUT2D eigenvalue weighted by Crippen LogP contribution is 2.20. The Hall–Kier alpha value is -2.62. The lowest BCUT2D eigenvalue weighted by Crippen LogP contribution is -2.33. The van der Waals surface area contributed by atoms with Crippen LogP contribution >= 0.6 is 0 Å². The van der Waals surface area contributed by atoms with E-state index < -0.39 is 17.9 Å². The molecule has 0 heterocycles. The number of esters is 2. The SMILES string of the molecule is CCC(C)C(C(=O)OCc1ccccc1)C(=O)OCc1ccccc1. The van der Waals surface area contributed by atoms with E-state index in [4.69, 9.17) is 9.47 Å². The molecule has 0 N–H and O–H groups in total. The fraction of sp³-hybridized carbons (Fsp3) is 0.333. The van der Waals surface area contributed by atoms with Gasteiger partial charge >= 0.3 is 11.9 Å². The first-order valence-corrected chi connectivity index (χ1v) is 8.53. The van der Waals surface area contributed by atoms with Crippen LogP contribution < -0.4 is 0 Å². The first-order chi connectivity index (χ1) is 12.1. The third kappa shape index (κ3) is 5.75. The predicted octanol–water partition coefficient (Wildman–Crippen LogP) is 4.14. The number of hydrogen-bond donors (Lipinski definition) is 0. The van der Waals surface area contributed by atoms with Gasteiger partial charge in [-0.1, -0.05) is 80.9 Å². The maximum Gasteiger partial charge on any atom is 0.320 e. The Morgan fingerprint density at radius 1 is 0.800 bits per heavy atom. The second-order valence-corrected chi connectivity index (χ2v) is 6.05.